The van der Waals surface area contributed by atoms with E-state index in [0.717, 1.165) is 50.4 Å². The Morgan fingerprint density at radius 1 is 1.19 bits per heavy atom. The summed E-state index contributed by atoms with van der Waals surface area (Å²) in [6, 6.07) is 8.22. The van der Waals surface area contributed by atoms with Crippen LogP contribution in [0.5, 0.6) is 0 Å². The molecule has 1 N–H and O–H groups in total. The summed E-state index contributed by atoms with van der Waals surface area (Å²) in [7, 11) is 0. The van der Waals surface area contributed by atoms with E-state index in [0.29, 0.717) is 12.6 Å². The van der Waals surface area contributed by atoms with Crippen molar-refractivity contribution in [2.45, 2.75) is 12.5 Å². The highest BCUT2D eigenvalue weighted by molar-refractivity contribution is 5.91. The number of hydrogen-bond donors (Lipinski definition) is 1. The fourth-order valence-electron chi connectivity index (χ4n) is 2.93. The molecule has 0 spiro atoms. The molecule has 0 amide bonds. The third-order valence-electron chi connectivity index (χ3n) is 4.15. The van der Waals surface area contributed by atoms with Crippen LogP contribution < -0.4 is 5.32 Å². The number of morpholine rings is 1. The summed E-state index contributed by atoms with van der Waals surface area (Å²) in [4.78, 5) is 13.6. The van der Waals surface area contributed by atoms with Gasteiger partial charge in [-0.25, -0.2) is 4.79 Å². The zero-order valence-electron chi connectivity index (χ0n) is 12.2. The molecular weight excluding hydrogens is 268 g/mol. The molecule has 0 saturated carbocycles. The van der Waals surface area contributed by atoms with Crippen LogP contribution in [0.3, 0.4) is 0 Å². The van der Waals surface area contributed by atoms with Gasteiger partial charge in [-0.15, -0.1) is 0 Å². The minimum Gasteiger partial charge on any atom is -0.462 e. The molecule has 3 aliphatic rings. The average Bonchev–Trinajstić information content (AvgIpc) is 2.56. The predicted molar refractivity (Wildman–Crippen MR) is 79.5 cm³/mol. The number of rotatable bonds is 0. The second-order valence-electron chi connectivity index (χ2n) is 5.51. The van der Waals surface area contributed by atoms with Gasteiger partial charge in [0.15, 0.2) is 0 Å². The molecule has 1 unspecified atom stereocenters. The Kier molecular flexibility index (Phi) is 4.85. The number of fused-ring (bicyclic) bond motifs is 2. The van der Waals surface area contributed by atoms with Crippen molar-refractivity contribution in [3.63, 3.8) is 0 Å². The molecule has 3 aliphatic heterocycles. The third-order valence-corrected chi connectivity index (χ3v) is 4.15. The summed E-state index contributed by atoms with van der Waals surface area (Å²) in [6.45, 7) is 6.97. The van der Waals surface area contributed by atoms with Crippen molar-refractivity contribution in [1.82, 2.24) is 10.2 Å². The van der Waals surface area contributed by atoms with Crippen LogP contribution in [-0.2, 0) is 15.9 Å². The lowest BCUT2D eigenvalue weighted by Gasteiger charge is -2.39. The molecule has 1 atom stereocenters. The number of cyclic esters (lactones) is 1. The first-order valence-corrected chi connectivity index (χ1v) is 7.62. The first kappa shape index (κ1) is 14.5. The Morgan fingerprint density at radius 2 is 2.10 bits per heavy atom. The highest BCUT2D eigenvalue weighted by atomic mass is 16.5. The van der Waals surface area contributed by atoms with Crippen molar-refractivity contribution < 1.29 is 14.3 Å². The monoisotopic (exact) mass is 290 g/mol. The van der Waals surface area contributed by atoms with Crippen molar-refractivity contribution in [1.29, 1.82) is 0 Å². The van der Waals surface area contributed by atoms with Gasteiger partial charge in [0, 0.05) is 38.6 Å². The fourth-order valence-corrected chi connectivity index (χ4v) is 2.93. The zero-order valence-corrected chi connectivity index (χ0v) is 12.2. The highest BCUT2D eigenvalue weighted by Gasteiger charge is 2.24. The summed E-state index contributed by atoms with van der Waals surface area (Å²) in [6.07, 6.45) is 0.849. The number of piperazine rings is 1. The zero-order chi connectivity index (χ0) is 14.5. The van der Waals surface area contributed by atoms with Gasteiger partial charge in [0.05, 0.1) is 25.4 Å². The van der Waals surface area contributed by atoms with E-state index >= 15 is 0 Å². The van der Waals surface area contributed by atoms with Crippen molar-refractivity contribution >= 4 is 5.97 Å². The normalized spacial score (nSPS) is 25.0. The van der Waals surface area contributed by atoms with Crippen LogP contribution in [0.15, 0.2) is 24.3 Å². The van der Waals surface area contributed by atoms with E-state index in [1.165, 1.54) is 6.54 Å². The molecule has 1 aromatic carbocycles. The number of carbonyl (C=O) groups is 1. The molecule has 2 saturated heterocycles. The minimum absolute atomic E-state index is 0.188. The maximum absolute atomic E-state index is 11.1. The van der Waals surface area contributed by atoms with E-state index in [1.807, 2.05) is 18.2 Å². The first-order chi connectivity index (χ1) is 10.3. The summed E-state index contributed by atoms with van der Waals surface area (Å²) >= 11 is 0. The lowest BCUT2D eigenvalue weighted by Crippen LogP contribution is -2.56. The predicted octanol–water partition coefficient (Wildman–Crippen LogP) is 0.690. The van der Waals surface area contributed by atoms with Crippen LogP contribution in [-0.4, -0.2) is 62.9 Å². The topological polar surface area (TPSA) is 50.8 Å². The smallest absolute Gasteiger partial charge is 0.338 e. The molecular formula is C16H22N2O3. The Balaban J connectivity index is 0.000000126. The largest absolute Gasteiger partial charge is 0.462 e. The minimum atomic E-state index is -0.188. The lowest BCUT2D eigenvalue weighted by molar-refractivity contribution is -0.0168. The molecule has 5 heteroatoms. The van der Waals surface area contributed by atoms with Crippen LogP contribution in [0, 0.1) is 0 Å². The van der Waals surface area contributed by atoms with Crippen LogP contribution in [0.1, 0.15) is 15.9 Å². The molecule has 3 heterocycles. The van der Waals surface area contributed by atoms with Gasteiger partial charge in [-0.05, 0) is 11.6 Å². The van der Waals surface area contributed by atoms with Gasteiger partial charge in [-0.1, -0.05) is 18.2 Å². The van der Waals surface area contributed by atoms with Crippen molar-refractivity contribution in [3.05, 3.63) is 35.4 Å². The van der Waals surface area contributed by atoms with Crippen molar-refractivity contribution in [2.24, 2.45) is 0 Å². The third kappa shape index (κ3) is 3.61. The maximum atomic E-state index is 11.1. The number of nitrogens with one attached hydrogen (secondary N) is 1. The Labute approximate surface area is 125 Å². The molecule has 4 rings (SSSR count). The van der Waals surface area contributed by atoms with Gasteiger partial charge in [-0.2, -0.15) is 0 Å². The number of nitrogens with zero attached hydrogens (tertiary/aromatic N) is 1. The summed E-state index contributed by atoms with van der Waals surface area (Å²) in [5.41, 5.74) is 1.82. The quantitative estimate of drug-likeness (QED) is 0.713. The maximum Gasteiger partial charge on any atom is 0.338 e. The number of benzene rings is 1. The number of carbonyl (C=O) groups excluding carboxylic acids is 1. The van der Waals surface area contributed by atoms with Crippen molar-refractivity contribution in [3.8, 4) is 0 Å². The van der Waals surface area contributed by atoms with Crippen LogP contribution >= 0.6 is 0 Å². The van der Waals surface area contributed by atoms with E-state index in [4.69, 9.17) is 9.47 Å². The van der Waals surface area contributed by atoms with Crippen molar-refractivity contribution in [2.75, 3.05) is 46.0 Å². The number of ether oxygens (including phenoxy) is 2. The molecule has 2 fully saturated rings. The summed E-state index contributed by atoms with van der Waals surface area (Å²) in [5, 5.41) is 3.36. The van der Waals surface area contributed by atoms with Crippen LogP contribution in [0.25, 0.3) is 0 Å². The molecule has 0 aliphatic carbocycles. The molecule has 0 bridgehead atoms. The summed E-state index contributed by atoms with van der Waals surface area (Å²) < 4.78 is 10.2. The van der Waals surface area contributed by atoms with Gasteiger partial charge < -0.3 is 14.8 Å². The van der Waals surface area contributed by atoms with Crippen LogP contribution in [0.4, 0.5) is 0 Å². The van der Waals surface area contributed by atoms with Crippen LogP contribution in [0.2, 0.25) is 0 Å². The van der Waals surface area contributed by atoms with Gasteiger partial charge in [0.2, 0.25) is 0 Å². The fraction of sp³-hybridized carbons (Fsp3) is 0.562. The summed E-state index contributed by atoms with van der Waals surface area (Å²) in [5.74, 6) is -0.188. The van der Waals surface area contributed by atoms with Gasteiger partial charge >= 0.3 is 5.97 Å². The van der Waals surface area contributed by atoms with E-state index < -0.39 is 0 Å². The molecule has 1 aromatic rings. The van der Waals surface area contributed by atoms with E-state index in [-0.39, 0.29) is 5.97 Å². The van der Waals surface area contributed by atoms with E-state index in [9.17, 15) is 4.79 Å². The molecule has 0 radical (unpaired) electrons. The standard InChI is InChI=1S/C9H8O2.C7H14N2O/c10-9-8-4-2-1-3-7(8)5-6-11-9;1-2-9-3-4-10-6-7(9)5-8-1/h1-4H,5-6H2;7-8H,1-6H2. The number of hydrogen-bond acceptors (Lipinski definition) is 5. The van der Waals surface area contributed by atoms with E-state index in [2.05, 4.69) is 10.2 Å². The van der Waals surface area contributed by atoms with Gasteiger partial charge in [0.1, 0.15) is 0 Å². The average molecular weight is 290 g/mol. The Morgan fingerprint density at radius 3 is 2.95 bits per heavy atom. The molecule has 114 valence electrons. The lowest BCUT2D eigenvalue weighted by atomic mass is 10.0. The molecule has 5 nitrogen and oxygen atoms in total. The number of esters is 1. The molecule has 0 aromatic heterocycles. The Hall–Kier alpha value is -1.43. The Bertz CT molecular complexity index is 466. The van der Waals surface area contributed by atoms with Gasteiger partial charge in [-0.3, -0.25) is 4.90 Å². The van der Waals surface area contributed by atoms with E-state index in [1.54, 1.807) is 6.07 Å². The molecule has 21 heavy (non-hydrogen) atoms. The second kappa shape index (κ2) is 7.02. The highest BCUT2D eigenvalue weighted by Crippen LogP contribution is 2.15. The van der Waals surface area contributed by atoms with Gasteiger partial charge in [0.25, 0.3) is 0 Å². The first-order valence-electron chi connectivity index (χ1n) is 7.62. The SMILES string of the molecule is C1CN2CCOCC2CN1.O=C1OCCc2ccccc21. The second-order valence-corrected chi connectivity index (χ2v) is 5.51.